The second-order valence-electron chi connectivity index (χ2n) is 6.77. The zero-order chi connectivity index (χ0) is 20.8. The number of hydrogen-bond acceptors (Lipinski definition) is 4. The Morgan fingerprint density at radius 1 is 0.667 bits per heavy atom. The lowest BCUT2D eigenvalue weighted by atomic mass is 10.1. The van der Waals surface area contributed by atoms with E-state index in [0.29, 0.717) is 17.5 Å². The van der Waals surface area contributed by atoms with Gasteiger partial charge in [-0.05, 0) is 37.3 Å². The molecule has 0 aliphatic carbocycles. The Hall–Kier alpha value is -4.05. The van der Waals surface area contributed by atoms with Crippen molar-refractivity contribution in [3.05, 3.63) is 109 Å². The zero-order valence-corrected chi connectivity index (χ0v) is 16.8. The molecule has 146 valence electrons. The van der Waals surface area contributed by atoms with E-state index in [0.717, 1.165) is 28.1 Å². The molecule has 0 atom stereocenters. The van der Waals surface area contributed by atoms with Crippen LogP contribution < -0.4 is 5.32 Å². The lowest BCUT2D eigenvalue weighted by Crippen LogP contribution is -2.00. The first kappa shape index (κ1) is 19.3. The molecule has 4 heteroatoms. The molecule has 0 radical (unpaired) electrons. The maximum absolute atomic E-state index is 4.75. The van der Waals surface area contributed by atoms with Crippen LogP contribution in [0.25, 0.3) is 34.2 Å². The van der Waals surface area contributed by atoms with E-state index in [1.54, 1.807) is 0 Å². The summed E-state index contributed by atoms with van der Waals surface area (Å²) in [4.78, 5) is 14.2. The summed E-state index contributed by atoms with van der Waals surface area (Å²) >= 11 is 0. The van der Waals surface area contributed by atoms with E-state index >= 15 is 0 Å². The fourth-order valence-corrected chi connectivity index (χ4v) is 3.07. The van der Waals surface area contributed by atoms with Gasteiger partial charge in [-0.2, -0.15) is 0 Å². The minimum Gasteiger partial charge on any atom is -0.356 e. The molecule has 0 bridgehead atoms. The number of nitrogens with zero attached hydrogens (tertiary/aromatic N) is 3. The molecule has 3 aromatic carbocycles. The fourth-order valence-electron chi connectivity index (χ4n) is 3.07. The van der Waals surface area contributed by atoms with E-state index in [-0.39, 0.29) is 0 Å². The molecule has 4 rings (SSSR count). The van der Waals surface area contributed by atoms with Gasteiger partial charge in [-0.3, -0.25) is 0 Å². The van der Waals surface area contributed by atoms with Gasteiger partial charge < -0.3 is 5.32 Å². The summed E-state index contributed by atoms with van der Waals surface area (Å²) in [6, 6.07) is 27.9. The summed E-state index contributed by atoms with van der Waals surface area (Å²) in [7, 11) is 0. The highest BCUT2D eigenvalue weighted by Gasteiger charge is 2.11. The second-order valence-corrected chi connectivity index (χ2v) is 6.77. The van der Waals surface area contributed by atoms with Gasteiger partial charge >= 0.3 is 0 Å². The third kappa shape index (κ3) is 4.50. The molecule has 0 amide bonds. The summed E-state index contributed by atoms with van der Waals surface area (Å²) < 4.78 is 0. The van der Waals surface area contributed by atoms with Crippen molar-refractivity contribution in [3.63, 3.8) is 0 Å². The van der Waals surface area contributed by atoms with Crippen LogP contribution in [0.2, 0.25) is 0 Å². The lowest BCUT2D eigenvalue weighted by Gasteiger charge is -2.09. The maximum Gasteiger partial charge on any atom is 0.164 e. The van der Waals surface area contributed by atoms with Crippen LogP contribution in [-0.4, -0.2) is 15.0 Å². The number of rotatable bonds is 6. The number of hydrogen-bond donors (Lipinski definition) is 1. The van der Waals surface area contributed by atoms with Gasteiger partial charge in [0.1, 0.15) is 0 Å². The van der Waals surface area contributed by atoms with Crippen LogP contribution in [0.5, 0.6) is 0 Å². The van der Waals surface area contributed by atoms with Crippen molar-refractivity contribution in [2.75, 3.05) is 5.32 Å². The van der Waals surface area contributed by atoms with Crippen molar-refractivity contribution in [2.45, 2.75) is 6.92 Å². The summed E-state index contributed by atoms with van der Waals surface area (Å²) in [5.41, 5.74) is 4.64. The largest absolute Gasteiger partial charge is 0.356 e. The normalized spacial score (nSPS) is 10.8. The average Bonchev–Trinajstić information content (AvgIpc) is 2.80. The van der Waals surface area contributed by atoms with Crippen molar-refractivity contribution in [3.8, 4) is 34.2 Å². The van der Waals surface area contributed by atoms with Gasteiger partial charge in [0.15, 0.2) is 17.5 Å². The maximum atomic E-state index is 4.75. The van der Waals surface area contributed by atoms with Crippen LogP contribution in [0.15, 0.2) is 109 Å². The molecule has 0 saturated heterocycles. The minimum absolute atomic E-state index is 0.640. The van der Waals surface area contributed by atoms with E-state index in [4.69, 9.17) is 15.0 Å². The molecule has 1 heterocycles. The van der Waals surface area contributed by atoms with E-state index in [1.165, 1.54) is 0 Å². The highest BCUT2D eigenvalue weighted by Crippen LogP contribution is 2.25. The highest BCUT2D eigenvalue weighted by atomic mass is 15.0. The van der Waals surface area contributed by atoms with Crippen molar-refractivity contribution in [1.29, 1.82) is 0 Å². The van der Waals surface area contributed by atoms with Gasteiger partial charge in [-0.15, -0.1) is 0 Å². The molecule has 1 aromatic heterocycles. The first-order valence-corrected chi connectivity index (χ1v) is 9.79. The molecule has 0 saturated carbocycles. The average molecular weight is 390 g/mol. The van der Waals surface area contributed by atoms with Crippen LogP contribution in [0, 0.1) is 0 Å². The molecule has 0 aliphatic heterocycles. The molecule has 1 N–H and O–H groups in total. The number of aromatic nitrogens is 3. The van der Waals surface area contributed by atoms with Gasteiger partial charge in [-0.1, -0.05) is 73.3 Å². The van der Waals surface area contributed by atoms with E-state index < -0.39 is 0 Å². The summed E-state index contributed by atoms with van der Waals surface area (Å²) in [6.45, 7) is 5.94. The van der Waals surface area contributed by atoms with E-state index in [2.05, 4.69) is 11.9 Å². The molecular formula is C26H22N4. The topological polar surface area (TPSA) is 50.7 Å². The van der Waals surface area contributed by atoms with Crippen molar-refractivity contribution < 1.29 is 0 Å². The van der Waals surface area contributed by atoms with Crippen molar-refractivity contribution >= 4 is 5.69 Å². The van der Waals surface area contributed by atoms with Crippen LogP contribution in [0.4, 0.5) is 5.69 Å². The second kappa shape index (κ2) is 8.97. The molecule has 0 aliphatic rings. The predicted molar refractivity (Wildman–Crippen MR) is 124 cm³/mol. The summed E-state index contributed by atoms with van der Waals surface area (Å²) in [5, 5.41) is 3.26. The Morgan fingerprint density at radius 3 is 1.53 bits per heavy atom. The van der Waals surface area contributed by atoms with Gasteiger partial charge in [-0.25, -0.2) is 15.0 Å². The zero-order valence-electron chi connectivity index (χ0n) is 16.8. The van der Waals surface area contributed by atoms with Gasteiger partial charge in [0.25, 0.3) is 0 Å². The monoisotopic (exact) mass is 390 g/mol. The summed E-state index contributed by atoms with van der Waals surface area (Å²) in [5.74, 6) is 1.95. The van der Waals surface area contributed by atoms with Crippen LogP contribution in [0.1, 0.15) is 6.92 Å². The van der Waals surface area contributed by atoms with Crippen LogP contribution in [0.3, 0.4) is 0 Å². The highest BCUT2D eigenvalue weighted by molar-refractivity contribution is 5.67. The SMILES string of the molecule is C=C(/C=C\C)Nc1ccc(-c2nc(-c3ccccc3)nc(-c3ccccc3)n2)cc1. The molecule has 0 unspecified atom stereocenters. The quantitative estimate of drug-likeness (QED) is 0.388. The lowest BCUT2D eigenvalue weighted by molar-refractivity contribution is 1.07. The summed E-state index contributed by atoms with van der Waals surface area (Å²) in [6.07, 6.45) is 3.88. The number of anilines is 1. The third-order valence-electron chi connectivity index (χ3n) is 4.52. The first-order chi connectivity index (χ1) is 14.7. The third-order valence-corrected chi connectivity index (χ3v) is 4.52. The molecular weight excluding hydrogens is 368 g/mol. The van der Waals surface area contributed by atoms with Crippen molar-refractivity contribution in [2.24, 2.45) is 0 Å². The number of allylic oxidation sites excluding steroid dienone is 2. The Balaban J connectivity index is 1.74. The molecule has 0 fully saturated rings. The Morgan fingerprint density at radius 2 is 1.10 bits per heavy atom. The van der Waals surface area contributed by atoms with Crippen molar-refractivity contribution in [1.82, 2.24) is 15.0 Å². The number of benzene rings is 3. The smallest absolute Gasteiger partial charge is 0.164 e. The Labute approximate surface area is 176 Å². The van der Waals surface area contributed by atoms with Crippen LogP contribution >= 0.6 is 0 Å². The van der Waals surface area contributed by atoms with Gasteiger partial charge in [0, 0.05) is 28.1 Å². The molecule has 0 spiro atoms. The molecule has 30 heavy (non-hydrogen) atoms. The van der Waals surface area contributed by atoms with Gasteiger partial charge in [0.05, 0.1) is 0 Å². The van der Waals surface area contributed by atoms with Gasteiger partial charge in [0.2, 0.25) is 0 Å². The van der Waals surface area contributed by atoms with Crippen LogP contribution in [-0.2, 0) is 0 Å². The van der Waals surface area contributed by atoms with E-state index in [1.807, 2.05) is 104 Å². The molecule has 4 aromatic rings. The predicted octanol–water partition coefficient (Wildman–Crippen LogP) is 6.37. The minimum atomic E-state index is 0.640. The first-order valence-electron chi connectivity index (χ1n) is 9.79. The van der Waals surface area contributed by atoms with E-state index in [9.17, 15) is 0 Å². The standard InChI is InChI=1S/C26H22N4/c1-3-10-19(2)27-23-17-15-22(16-18-23)26-29-24(20-11-6-4-7-12-20)28-25(30-26)21-13-8-5-9-14-21/h3-18,27H,2H2,1H3/b10-3-. The fraction of sp³-hybridized carbons (Fsp3) is 0.0385. The Bertz CT molecular complexity index is 1110. The number of nitrogens with one attached hydrogen (secondary N) is 1. The molecule has 4 nitrogen and oxygen atoms in total. The Kier molecular flexibility index (Phi) is 5.76.